The molecule has 1 rings (SSSR count). The summed E-state index contributed by atoms with van der Waals surface area (Å²) in [5, 5.41) is 9.08. The number of carboxylic acids is 1. The predicted molar refractivity (Wildman–Crippen MR) is 53.5 cm³/mol. The summed E-state index contributed by atoms with van der Waals surface area (Å²) in [4.78, 5) is 14.3. The van der Waals surface area contributed by atoms with Gasteiger partial charge >= 0.3 is 5.97 Å². The molecule has 1 heterocycles. The maximum absolute atomic E-state index is 10.2. The molecule has 0 unspecified atom stereocenters. The van der Waals surface area contributed by atoms with Gasteiger partial charge in [0.05, 0.1) is 5.69 Å². The molecular formula is C9H8BrNO2. The van der Waals surface area contributed by atoms with Crippen molar-refractivity contribution < 1.29 is 9.90 Å². The second-order valence-electron chi connectivity index (χ2n) is 2.35. The Kier molecular flexibility index (Phi) is 3.64. The highest BCUT2D eigenvalue weighted by molar-refractivity contribution is 9.08. The van der Waals surface area contributed by atoms with E-state index in [0.717, 1.165) is 11.6 Å². The number of nitrogens with zero attached hydrogens (tertiary/aromatic N) is 1. The van der Waals surface area contributed by atoms with Crippen LogP contribution in [-0.2, 0) is 10.1 Å². The fraction of sp³-hybridized carbons (Fsp3) is 0.111. The van der Waals surface area contributed by atoms with Crippen molar-refractivity contribution in [3.63, 3.8) is 0 Å². The Morgan fingerprint density at radius 1 is 1.69 bits per heavy atom. The molecule has 0 bridgehead atoms. The van der Waals surface area contributed by atoms with Gasteiger partial charge < -0.3 is 5.11 Å². The molecule has 0 amide bonds. The van der Waals surface area contributed by atoms with Crippen molar-refractivity contribution >= 4 is 28.0 Å². The van der Waals surface area contributed by atoms with Crippen LogP contribution in [0, 0.1) is 0 Å². The standard InChI is InChI=1S/C9H8BrNO2/c10-6-7-2-1-5-11-8(7)3-4-9(12)13/h1-5H,6H2,(H,12,13). The quantitative estimate of drug-likeness (QED) is 0.652. The SMILES string of the molecule is O=C(O)C=Cc1ncccc1CBr. The van der Waals surface area contributed by atoms with Gasteiger partial charge in [-0.15, -0.1) is 0 Å². The van der Waals surface area contributed by atoms with Crippen molar-refractivity contribution in [1.29, 1.82) is 0 Å². The smallest absolute Gasteiger partial charge is 0.328 e. The van der Waals surface area contributed by atoms with Gasteiger partial charge in [0.2, 0.25) is 0 Å². The number of alkyl halides is 1. The van der Waals surface area contributed by atoms with Crippen LogP contribution < -0.4 is 0 Å². The summed E-state index contributed by atoms with van der Waals surface area (Å²) in [7, 11) is 0. The van der Waals surface area contributed by atoms with Gasteiger partial charge in [-0.3, -0.25) is 4.98 Å². The van der Waals surface area contributed by atoms with E-state index in [1.165, 1.54) is 6.08 Å². The lowest BCUT2D eigenvalue weighted by Gasteiger charge is -1.98. The number of aliphatic carboxylic acids is 1. The number of carboxylic acid groups (broad SMARTS) is 1. The lowest BCUT2D eigenvalue weighted by molar-refractivity contribution is -0.131. The maximum Gasteiger partial charge on any atom is 0.328 e. The second-order valence-corrected chi connectivity index (χ2v) is 2.91. The molecule has 0 aliphatic rings. The molecule has 0 atom stereocenters. The van der Waals surface area contributed by atoms with E-state index in [0.29, 0.717) is 11.0 Å². The molecule has 1 aromatic rings. The van der Waals surface area contributed by atoms with E-state index in [-0.39, 0.29) is 0 Å². The van der Waals surface area contributed by atoms with Crippen LogP contribution in [0.5, 0.6) is 0 Å². The zero-order valence-corrected chi connectivity index (χ0v) is 8.36. The molecule has 0 aromatic carbocycles. The fourth-order valence-electron chi connectivity index (χ4n) is 0.864. The van der Waals surface area contributed by atoms with Crippen molar-refractivity contribution in [3.05, 3.63) is 35.7 Å². The minimum Gasteiger partial charge on any atom is -0.478 e. The number of pyridine rings is 1. The first kappa shape index (κ1) is 9.92. The first-order valence-electron chi connectivity index (χ1n) is 3.65. The molecule has 0 spiro atoms. The molecule has 0 radical (unpaired) electrons. The normalized spacial score (nSPS) is 10.5. The minimum atomic E-state index is -0.967. The average molecular weight is 242 g/mol. The molecule has 4 heteroatoms. The predicted octanol–water partition coefficient (Wildman–Crippen LogP) is 2.07. The summed E-state index contributed by atoms with van der Waals surface area (Å²) in [5.74, 6) is -0.967. The van der Waals surface area contributed by atoms with E-state index >= 15 is 0 Å². The number of aromatic nitrogens is 1. The first-order valence-corrected chi connectivity index (χ1v) is 4.77. The van der Waals surface area contributed by atoms with Crippen molar-refractivity contribution in [2.24, 2.45) is 0 Å². The largest absolute Gasteiger partial charge is 0.478 e. The number of hydrogen-bond donors (Lipinski definition) is 1. The molecule has 0 aliphatic heterocycles. The summed E-state index contributed by atoms with van der Waals surface area (Å²) in [6.07, 6.45) is 4.20. The Hall–Kier alpha value is -1.16. The zero-order chi connectivity index (χ0) is 9.68. The monoisotopic (exact) mass is 241 g/mol. The molecule has 1 N–H and O–H groups in total. The highest BCUT2D eigenvalue weighted by atomic mass is 79.9. The van der Waals surface area contributed by atoms with E-state index < -0.39 is 5.97 Å². The van der Waals surface area contributed by atoms with Gasteiger partial charge in [-0.05, 0) is 17.7 Å². The molecule has 68 valence electrons. The Morgan fingerprint density at radius 3 is 3.08 bits per heavy atom. The number of carbonyl (C=O) groups is 1. The van der Waals surface area contributed by atoms with Crippen LogP contribution in [0.3, 0.4) is 0 Å². The number of halogens is 1. The van der Waals surface area contributed by atoms with Gasteiger partial charge in [0.1, 0.15) is 0 Å². The van der Waals surface area contributed by atoms with Crippen LogP contribution in [0.4, 0.5) is 0 Å². The summed E-state index contributed by atoms with van der Waals surface area (Å²) in [6.45, 7) is 0. The summed E-state index contributed by atoms with van der Waals surface area (Å²) < 4.78 is 0. The van der Waals surface area contributed by atoms with Crippen molar-refractivity contribution in [2.45, 2.75) is 5.33 Å². The van der Waals surface area contributed by atoms with Crippen molar-refractivity contribution in [2.75, 3.05) is 0 Å². The summed E-state index contributed by atoms with van der Waals surface area (Å²) >= 11 is 3.29. The molecule has 1 aromatic heterocycles. The Morgan fingerprint density at radius 2 is 2.46 bits per heavy atom. The van der Waals surface area contributed by atoms with Gasteiger partial charge in [0.15, 0.2) is 0 Å². The molecule has 0 saturated heterocycles. The lowest BCUT2D eigenvalue weighted by Crippen LogP contribution is -1.90. The van der Waals surface area contributed by atoms with E-state index in [2.05, 4.69) is 20.9 Å². The Labute approximate surface area is 84.2 Å². The zero-order valence-electron chi connectivity index (χ0n) is 6.77. The fourth-order valence-corrected chi connectivity index (χ4v) is 1.34. The van der Waals surface area contributed by atoms with E-state index in [1.807, 2.05) is 12.1 Å². The molecular weight excluding hydrogens is 234 g/mol. The van der Waals surface area contributed by atoms with Crippen LogP contribution in [-0.4, -0.2) is 16.1 Å². The third-order valence-corrected chi connectivity index (χ3v) is 2.06. The molecule has 0 saturated carbocycles. The Balaban J connectivity index is 2.93. The maximum atomic E-state index is 10.2. The highest BCUT2D eigenvalue weighted by Gasteiger charge is 1.97. The van der Waals surface area contributed by atoms with Crippen LogP contribution in [0.2, 0.25) is 0 Å². The van der Waals surface area contributed by atoms with Crippen molar-refractivity contribution in [3.8, 4) is 0 Å². The third kappa shape index (κ3) is 2.99. The van der Waals surface area contributed by atoms with Gasteiger partial charge in [0, 0.05) is 17.6 Å². The average Bonchev–Trinajstić information content (AvgIpc) is 2.15. The third-order valence-electron chi connectivity index (χ3n) is 1.45. The second kappa shape index (κ2) is 4.77. The lowest BCUT2D eigenvalue weighted by atomic mass is 10.2. The topological polar surface area (TPSA) is 50.2 Å². The van der Waals surface area contributed by atoms with E-state index in [1.54, 1.807) is 6.20 Å². The first-order chi connectivity index (χ1) is 6.24. The molecule has 3 nitrogen and oxygen atoms in total. The highest BCUT2D eigenvalue weighted by Crippen LogP contribution is 2.10. The van der Waals surface area contributed by atoms with E-state index in [4.69, 9.17) is 5.11 Å². The summed E-state index contributed by atoms with van der Waals surface area (Å²) in [6, 6.07) is 3.71. The molecule has 0 fully saturated rings. The Bertz CT molecular complexity index is 336. The summed E-state index contributed by atoms with van der Waals surface area (Å²) in [5.41, 5.74) is 1.65. The van der Waals surface area contributed by atoms with Gasteiger partial charge in [-0.25, -0.2) is 4.79 Å². The van der Waals surface area contributed by atoms with Gasteiger partial charge in [-0.1, -0.05) is 22.0 Å². The minimum absolute atomic E-state index is 0.667. The van der Waals surface area contributed by atoms with Crippen LogP contribution in [0.15, 0.2) is 24.4 Å². The van der Waals surface area contributed by atoms with Crippen molar-refractivity contribution in [1.82, 2.24) is 4.98 Å². The van der Waals surface area contributed by atoms with Gasteiger partial charge in [0.25, 0.3) is 0 Å². The van der Waals surface area contributed by atoms with E-state index in [9.17, 15) is 4.79 Å². The number of rotatable bonds is 3. The number of hydrogen-bond acceptors (Lipinski definition) is 2. The van der Waals surface area contributed by atoms with Gasteiger partial charge in [-0.2, -0.15) is 0 Å². The molecule has 13 heavy (non-hydrogen) atoms. The van der Waals surface area contributed by atoms with Crippen LogP contribution in [0.25, 0.3) is 6.08 Å². The van der Waals surface area contributed by atoms with Crippen LogP contribution >= 0.6 is 15.9 Å². The molecule has 0 aliphatic carbocycles. The van der Waals surface area contributed by atoms with Crippen LogP contribution in [0.1, 0.15) is 11.3 Å².